The summed E-state index contributed by atoms with van der Waals surface area (Å²) in [6.45, 7) is 3.75. The lowest BCUT2D eigenvalue weighted by molar-refractivity contribution is -0.136. The molecule has 0 aliphatic heterocycles. The maximum atomic E-state index is 13.9. The molecule has 0 spiro atoms. The smallest absolute Gasteiger partial charge is 0.272 e. The normalized spacial score (nSPS) is 12.9. The lowest BCUT2D eigenvalue weighted by Gasteiger charge is -2.29. The molecule has 0 unspecified atom stereocenters. The zero-order chi connectivity index (χ0) is 24.4. The van der Waals surface area contributed by atoms with Crippen molar-refractivity contribution in [2.24, 2.45) is 0 Å². The van der Waals surface area contributed by atoms with Gasteiger partial charge in [0, 0.05) is 54.6 Å². The average Bonchev–Trinajstić information content (AvgIpc) is 3.42. The molecule has 0 radical (unpaired) electrons. The summed E-state index contributed by atoms with van der Waals surface area (Å²) in [4.78, 5) is 35.8. The molecule has 0 saturated carbocycles. The van der Waals surface area contributed by atoms with E-state index in [1.165, 1.54) is 19.6 Å². The molecule has 9 nitrogen and oxygen atoms in total. The average molecular weight is 467 g/mol. The lowest BCUT2D eigenvalue weighted by atomic mass is 9.93. The molecule has 1 atom stereocenters. The van der Waals surface area contributed by atoms with Crippen molar-refractivity contribution in [3.8, 4) is 11.1 Å². The van der Waals surface area contributed by atoms with Gasteiger partial charge in [0.05, 0.1) is 29.3 Å². The van der Waals surface area contributed by atoms with E-state index < -0.39 is 11.5 Å². The van der Waals surface area contributed by atoms with Crippen molar-refractivity contribution in [2.45, 2.75) is 19.4 Å². The van der Waals surface area contributed by atoms with Crippen LogP contribution < -0.4 is 5.32 Å². The summed E-state index contributed by atoms with van der Waals surface area (Å²) in [6, 6.07) is 7.45. The number of hydrogen-bond acceptors (Lipinski definition) is 8. The minimum absolute atomic E-state index is 0.0727. The Morgan fingerprint density at radius 2 is 1.71 bits per heavy atom. The number of carbonyl (C=O) groups excluding carboxylic acids is 1. The minimum Gasteiger partial charge on any atom is -0.445 e. The first-order valence-electron chi connectivity index (χ1n) is 10.9. The van der Waals surface area contributed by atoms with Crippen molar-refractivity contribution in [3.05, 3.63) is 96.6 Å². The number of nitrogens with one attached hydrogen (secondary N) is 1. The van der Waals surface area contributed by atoms with Gasteiger partial charge in [0.25, 0.3) is 11.5 Å². The first-order chi connectivity index (χ1) is 17.1. The number of hydrogen-bond donors (Lipinski definition) is 1. The molecule has 5 rings (SSSR count). The molecule has 0 aliphatic carbocycles. The number of carbonyl (C=O) groups is 1. The highest BCUT2D eigenvalue weighted by Gasteiger charge is 2.49. The molecule has 1 N–H and O–H groups in total. The van der Waals surface area contributed by atoms with Gasteiger partial charge in [0.15, 0.2) is 0 Å². The molecule has 5 heterocycles. The topological polar surface area (TPSA) is 116 Å². The summed E-state index contributed by atoms with van der Waals surface area (Å²) in [7, 11) is 1.42. The summed E-state index contributed by atoms with van der Waals surface area (Å²) in [6.07, 6.45) is 13.0. The third-order valence-electron chi connectivity index (χ3n) is 5.97. The number of oxazole rings is 1. The predicted octanol–water partition coefficient (Wildman–Crippen LogP) is 4.22. The number of nitrogens with zero attached hydrogens (tertiary/aromatic N) is 5. The second-order valence-corrected chi connectivity index (χ2v) is 7.97. The van der Waals surface area contributed by atoms with Gasteiger partial charge in [-0.2, -0.15) is 0 Å². The van der Waals surface area contributed by atoms with Gasteiger partial charge in [0.2, 0.25) is 5.89 Å². The van der Waals surface area contributed by atoms with E-state index in [0.717, 1.165) is 33.2 Å². The summed E-state index contributed by atoms with van der Waals surface area (Å²) < 4.78 is 11.4. The summed E-state index contributed by atoms with van der Waals surface area (Å²) in [5.74, 6) is -0.441. The number of fused-ring (bicyclic) bond motifs is 1. The largest absolute Gasteiger partial charge is 0.445 e. The predicted molar refractivity (Wildman–Crippen MR) is 129 cm³/mol. The maximum Gasteiger partial charge on any atom is 0.272 e. The van der Waals surface area contributed by atoms with Crippen LogP contribution in [0.5, 0.6) is 0 Å². The molecule has 35 heavy (non-hydrogen) atoms. The van der Waals surface area contributed by atoms with Crippen molar-refractivity contribution < 1.29 is 13.9 Å². The van der Waals surface area contributed by atoms with E-state index in [1.807, 2.05) is 32.0 Å². The maximum absolute atomic E-state index is 13.9. The Morgan fingerprint density at radius 3 is 2.49 bits per heavy atom. The number of aryl methyl sites for hydroxylation is 1. The van der Waals surface area contributed by atoms with Crippen LogP contribution in [0, 0.1) is 13.8 Å². The first kappa shape index (κ1) is 22.3. The fourth-order valence-corrected chi connectivity index (χ4v) is 4.16. The number of ether oxygens (including phenoxy) is 1. The van der Waals surface area contributed by atoms with E-state index in [4.69, 9.17) is 9.15 Å². The van der Waals surface area contributed by atoms with Gasteiger partial charge in [-0.15, -0.1) is 0 Å². The van der Waals surface area contributed by atoms with Crippen LogP contribution in [0.3, 0.4) is 0 Å². The number of rotatable bonds is 6. The van der Waals surface area contributed by atoms with Gasteiger partial charge in [-0.3, -0.25) is 24.7 Å². The van der Waals surface area contributed by atoms with Crippen LogP contribution in [0.4, 0.5) is 5.69 Å². The Balaban J connectivity index is 1.61. The Hall–Kier alpha value is -4.50. The quantitative estimate of drug-likeness (QED) is 0.395. The Labute approximate surface area is 201 Å². The monoisotopic (exact) mass is 466 g/mol. The summed E-state index contributed by atoms with van der Waals surface area (Å²) in [5, 5.41) is 3.88. The van der Waals surface area contributed by atoms with E-state index in [0.29, 0.717) is 11.4 Å². The van der Waals surface area contributed by atoms with Crippen molar-refractivity contribution in [2.75, 3.05) is 12.4 Å². The molecule has 174 valence electrons. The van der Waals surface area contributed by atoms with Crippen LogP contribution in [0.25, 0.3) is 22.0 Å². The summed E-state index contributed by atoms with van der Waals surface area (Å²) >= 11 is 0. The molecule has 0 saturated heterocycles. The highest BCUT2D eigenvalue weighted by molar-refractivity contribution is 6.01. The van der Waals surface area contributed by atoms with E-state index in [1.54, 1.807) is 43.2 Å². The highest BCUT2D eigenvalue weighted by atomic mass is 16.5. The van der Waals surface area contributed by atoms with Crippen LogP contribution in [0.2, 0.25) is 0 Å². The molecule has 9 heteroatoms. The molecule has 5 aromatic heterocycles. The van der Waals surface area contributed by atoms with Gasteiger partial charge in [-0.05, 0) is 43.2 Å². The number of pyridine rings is 4. The van der Waals surface area contributed by atoms with E-state index in [-0.39, 0.29) is 5.89 Å². The first-order valence-corrected chi connectivity index (χ1v) is 10.9. The number of methoxy groups -OCH3 is 1. The van der Waals surface area contributed by atoms with Crippen LogP contribution >= 0.6 is 0 Å². The van der Waals surface area contributed by atoms with Gasteiger partial charge in [-0.1, -0.05) is 6.07 Å². The van der Waals surface area contributed by atoms with E-state index in [2.05, 4.69) is 30.2 Å². The van der Waals surface area contributed by atoms with Crippen molar-refractivity contribution in [1.29, 1.82) is 0 Å². The van der Waals surface area contributed by atoms with E-state index >= 15 is 0 Å². The number of amides is 1. The third-order valence-corrected chi connectivity index (χ3v) is 5.97. The molecule has 5 aromatic rings. The van der Waals surface area contributed by atoms with Crippen LogP contribution in [0.15, 0.2) is 78.3 Å². The minimum atomic E-state index is -1.71. The molecular formula is C26H22N6O3. The lowest BCUT2D eigenvalue weighted by Crippen LogP contribution is -2.45. The Morgan fingerprint density at radius 1 is 0.943 bits per heavy atom. The van der Waals surface area contributed by atoms with Gasteiger partial charge in [-0.25, -0.2) is 4.98 Å². The molecule has 0 aliphatic rings. The van der Waals surface area contributed by atoms with Crippen molar-refractivity contribution in [3.63, 3.8) is 0 Å². The SMILES string of the molecule is CO[C@](C(=O)Nc1cncc(-c2cncc3cccnc23)c1C)(c1ncco1)c1ncccc1C. The molecule has 1 amide bonds. The molecular weight excluding hydrogens is 444 g/mol. The van der Waals surface area contributed by atoms with Gasteiger partial charge in [0.1, 0.15) is 6.26 Å². The van der Waals surface area contributed by atoms with E-state index in [9.17, 15) is 4.79 Å². The van der Waals surface area contributed by atoms with Crippen LogP contribution in [0.1, 0.15) is 22.7 Å². The van der Waals surface area contributed by atoms with Gasteiger partial charge < -0.3 is 14.5 Å². The molecule has 0 aromatic carbocycles. The second kappa shape index (κ2) is 9.03. The van der Waals surface area contributed by atoms with Crippen LogP contribution in [-0.4, -0.2) is 37.9 Å². The zero-order valence-corrected chi connectivity index (χ0v) is 19.4. The van der Waals surface area contributed by atoms with Crippen LogP contribution in [-0.2, 0) is 15.1 Å². The molecule has 0 bridgehead atoms. The standard InChI is InChI=1S/C26H22N6O3/c1-16-6-4-9-30-23(16)26(34-3,25-31-10-11-35-25)24(33)32-21-15-28-13-19(17(21)2)20-14-27-12-18-7-5-8-29-22(18)20/h4-15H,1-3H3,(H,32,33)/t26-/m1/s1. The fraction of sp³-hybridized carbons (Fsp3) is 0.154. The number of anilines is 1. The van der Waals surface area contributed by atoms with Crippen molar-refractivity contribution >= 4 is 22.5 Å². The summed E-state index contributed by atoms with van der Waals surface area (Å²) in [5.41, 5.74) is 3.13. The second-order valence-electron chi connectivity index (χ2n) is 7.97. The Kier molecular flexibility index (Phi) is 5.76. The number of aromatic nitrogens is 5. The fourth-order valence-electron chi connectivity index (χ4n) is 4.16. The zero-order valence-electron chi connectivity index (χ0n) is 19.4. The van der Waals surface area contributed by atoms with Crippen molar-refractivity contribution in [1.82, 2.24) is 24.9 Å². The van der Waals surface area contributed by atoms with Gasteiger partial charge >= 0.3 is 0 Å². The molecule has 0 fully saturated rings. The Bertz CT molecular complexity index is 1510. The highest BCUT2D eigenvalue weighted by Crippen LogP contribution is 2.36. The third kappa shape index (κ3) is 3.71.